The third kappa shape index (κ3) is 4.35. The van der Waals surface area contributed by atoms with Crippen LogP contribution in [0.25, 0.3) is 10.2 Å². The Labute approximate surface area is 174 Å². The van der Waals surface area contributed by atoms with E-state index in [0.29, 0.717) is 34.4 Å². The lowest BCUT2D eigenvalue weighted by molar-refractivity contribution is 0.0978. The number of likely N-dealkylation sites (N-methyl/N-ethyl adjacent to an activating group) is 1. The van der Waals surface area contributed by atoms with Crippen LogP contribution in [0, 0.1) is 0 Å². The molecule has 0 saturated heterocycles. The van der Waals surface area contributed by atoms with E-state index in [1.54, 1.807) is 43.1 Å². The molecule has 156 valence electrons. The molecule has 0 fully saturated rings. The summed E-state index contributed by atoms with van der Waals surface area (Å²) in [6.07, 6.45) is 1.76. The minimum Gasteiger partial charge on any atom is -0.495 e. The number of amides is 1. The average molecular weight is 418 g/mol. The summed E-state index contributed by atoms with van der Waals surface area (Å²) in [5.41, 5.74) is 1.08. The van der Waals surface area contributed by atoms with Crippen LogP contribution in [-0.2, 0) is 7.05 Å². The molecule has 1 amide bonds. The number of aryl methyl sites for hydroxylation is 1. The lowest BCUT2D eigenvalue weighted by Crippen LogP contribution is -2.39. The van der Waals surface area contributed by atoms with Crippen molar-refractivity contribution in [3.63, 3.8) is 0 Å². The van der Waals surface area contributed by atoms with Crippen molar-refractivity contribution in [3.8, 4) is 11.5 Å². The summed E-state index contributed by atoms with van der Waals surface area (Å²) in [7, 11) is 5.03. The highest BCUT2D eigenvalue weighted by Gasteiger charge is 2.25. The van der Waals surface area contributed by atoms with Gasteiger partial charge in [0.15, 0.2) is 10.8 Å². The molecule has 0 aliphatic carbocycles. The number of rotatable bonds is 9. The highest BCUT2D eigenvalue weighted by molar-refractivity contribution is 7.22. The summed E-state index contributed by atoms with van der Waals surface area (Å²) >= 11 is 1.42. The highest BCUT2D eigenvalue weighted by Crippen LogP contribution is 2.40. The molecule has 29 heavy (non-hydrogen) atoms. The second-order valence-electron chi connectivity index (χ2n) is 6.50. The van der Waals surface area contributed by atoms with Gasteiger partial charge in [-0.3, -0.25) is 14.4 Å². The molecule has 0 aliphatic rings. The van der Waals surface area contributed by atoms with Crippen LogP contribution in [0.4, 0.5) is 5.13 Å². The highest BCUT2D eigenvalue weighted by atomic mass is 32.1. The Kier molecular flexibility index (Phi) is 6.71. The van der Waals surface area contributed by atoms with Gasteiger partial charge in [-0.25, -0.2) is 4.98 Å². The van der Waals surface area contributed by atoms with Gasteiger partial charge in [0.25, 0.3) is 5.91 Å². The first-order chi connectivity index (χ1) is 14.0. The van der Waals surface area contributed by atoms with E-state index in [-0.39, 0.29) is 5.91 Å². The van der Waals surface area contributed by atoms with Gasteiger partial charge in [-0.2, -0.15) is 5.10 Å². The van der Waals surface area contributed by atoms with E-state index in [9.17, 15) is 4.79 Å². The van der Waals surface area contributed by atoms with E-state index in [4.69, 9.17) is 14.5 Å². The monoisotopic (exact) mass is 417 g/mol. The number of benzene rings is 1. The average Bonchev–Trinajstić information content (AvgIpc) is 3.36. The Bertz CT molecular complexity index is 939. The van der Waals surface area contributed by atoms with Crippen molar-refractivity contribution in [2.24, 2.45) is 7.05 Å². The van der Waals surface area contributed by atoms with E-state index < -0.39 is 0 Å². The topological polar surface area (TPSA) is 72.7 Å². The Hall–Kier alpha value is -2.65. The Morgan fingerprint density at radius 2 is 1.79 bits per heavy atom. The molecule has 0 unspecified atom stereocenters. The first-order valence-electron chi connectivity index (χ1n) is 9.57. The van der Waals surface area contributed by atoms with Crippen molar-refractivity contribution in [1.29, 1.82) is 0 Å². The molecule has 3 rings (SSSR count). The number of carbonyl (C=O) groups excluding carboxylic acids is 1. The zero-order valence-corrected chi connectivity index (χ0v) is 18.3. The van der Waals surface area contributed by atoms with Crippen molar-refractivity contribution in [2.75, 3.05) is 45.3 Å². The van der Waals surface area contributed by atoms with Gasteiger partial charge in [0.05, 0.1) is 14.2 Å². The van der Waals surface area contributed by atoms with E-state index in [1.807, 2.05) is 12.1 Å². The third-order valence-corrected chi connectivity index (χ3v) is 5.93. The minimum absolute atomic E-state index is 0.172. The van der Waals surface area contributed by atoms with Crippen molar-refractivity contribution in [3.05, 3.63) is 30.1 Å². The van der Waals surface area contributed by atoms with Crippen LogP contribution < -0.4 is 14.4 Å². The molecule has 8 nitrogen and oxygen atoms in total. The third-order valence-electron chi connectivity index (χ3n) is 4.84. The number of methoxy groups -OCH3 is 2. The van der Waals surface area contributed by atoms with E-state index >= 15 is 0 Å². The van der Waals surface area contributed by atoms with Gasteiger partial charge in [0.1, 0.15) is 21.7 Å². The van der Waals surface area contributed by atoms with Crippen LogP contribution in [0.15, 0.2) is 24.4 Å². The van der Waals surface area contributed by atoms with Gasteiger partial charge < -0.3 is 14.4 Å². The largest absolute Gasteiger partial charge is 0.495 e. The molecule has 2 aromatic heterocycles. The van der Waals surface area contributed by atoms with E-state index in [0.717, 1.165) is 24.3 Å². The summed E-state index contributed by atoms with van der Waals surface area (Å²) in [5.74, 6) is 1.19. The fraction of sp³-hybridized carbons (Fsp3) is 0.450. The number of hydrogen-bond acceptors (Lipinski definition) is 7. The van der Waals surface area contributed by atoms with Gasteiger partial charge in [-0.1, -0.05) is 25.2 Å². The number of anilines is 1. The number of fused-ring (bicyclic) bond motifs is 1. The Morgan fingerprint density at radius 3 is 2.38 bits per heavy atom. The molecule has 0 radical (unpaired) electrons. The number of carbonyl (C=O) groups is 1. The smallest absolute Gasteiger partial charge is 0.280 e. The van der Waals surface area contributed by atoms with Crippen LogP contribution in [-0.4, -0.2) is 66.0 Å². The van der Waals surface area contributed by atoms with Crippen molar-refractivity contribution < 1.29 is 14.3 Å². The van der Waals surface area contributed by atoms with Crippen molar-refractivity contribution in [1.82, 2.24) is 19.7 Å². The standard InChI is InChI=1S/C20H27N5O3S/c1-6-24(7-2)12-13-25(19(26)14-10-11-23(3)22-14)20-21-17-15(27-4)8-9-16(28-5)18(17)29-20/h8-11H,6-7,12-13H2,1-5H3. The molecular formula is C20H27N5O3S. The zero-order chi connectivity index (χ0) is 21.0. The summed E-state index contributed by atoms with van der Waals surface area (Å²) < 4.78 is 13.4. The van der Waals surface area contributed by atoms with Gasteiger partial charge in [-0.15, -0.1) is 0 Å². The van der Waals surface area contributed by atoms with E-state index in [2.05, 4.69) is 23.8 Å². The van der Waals surface area contributed by atoms with Gasteiger partial charge in [0, 0.05) is 26.3 Å². The molecule has 9 heteroatoms. The molecule has 0 atom stereocenters. The Balaban J connectivity index is 2.03. The van der Waals surface area contributed by atoms with Gasteiger partial charge >= 0.3 is 0 Å². The van der Waals surface area contributed by atoms with Crippen LogP contribution in [0.1, 0.15) is 24.3 Å². The molecule has 0 spiro atoms. The normalized spacial score (nSPS) is 11.2. The van der Waals surface area contributed by atoms with Crippen LogP contribution in [0.2, 0.25) is 0 Å². The second kappa shape index (κ2) is 9.23. The maximum Gasteiger partial charge on any atom is 0.280 e. The lowest BCUT2D eigenvalue weighted by Gasteiger charge is -2.24. The molecular weight excluding hydrogens is 390 g/mol. The second-order valence-corrected chi connectivity index (χ2v) is 7.48. The van der Waals surface area contributed by atoms with Crippen molar-refractivity contribution in [2.45, 2.75) is 13.8 Å². The quantitative estimate of drug-likeness (QED) is 0.533. The lowest BCUT2D eigenvalue weighted by atomic mass is 10.3. The SMILES string of the molecule is CCN(CC)CCN(C(=O)c1ccn(C)n1)c1nc2c(OC)ccc(OC)c2s1. The number of ether oxygens (including phenoxy) is 2. The summed E-state index contributed by atoms with van der Waals surface area (Å²) in [5, 5.41) is 4.89. The van der Waals surface area contributed by atoms with Crippen LogP contribution in [0.5, 0.6) is 11.5 Å². The molecule has 0 aliphatic heterocycles. The summed E-state index contributed by atoms with van der Waals surface area (Å²) in [6.45, 7) is 7.33. The van der Waals surface area contributed by atoms with Gasteiger partial charge in [0.2, 0.25) is 0 Å². The fourth-order valence-corrected chi connectivity index (χ4v) is 4.22. The molecule has 0 saturated carbocycles. The summed E-state index contributed by atoms with van der Waals surface area (Å²) in [4.78, 5) is 22.0. The van der Waals surface area contributed by atoms with Crippen LogP contribution >= 0.6 is 11.3 Å². The number of thiazole rings is 1. The van der Waals surface area contributed by atoms with Crippen molar-refractivity contribution >= 4 is 32.6 Å². The molecule has 0 N–H and O–H groups in total. The maximum atomic E-state index is 13.3. The predicted octanol–water partition coefficient (Wildman–Crippen LogP) is 3.04. The molecule has 0 bridgehead atoms. The minimum atomic E-state index is -0.172. The molecule has 3 aromatic rings. The molecule has 1 aromatic carbocycles. The van der Waals surface area contributed by atoms with Gasteiger partial charge in [-0.05, 0) is 31.3 Å². The number of hydrogen-bond donors (Lipinski definition) is 0. The predicted molar refractivity (Wildman–Crippen MR) is 115 cm³/mol. The van der Waals surface area contributed by atoms with E-state index in [1.165, 1.54) is 11.3 Å². The fourth-order valence-electron chi connectivity index (χ4n) is 3.12. The van der Waals surface area contributed by atoms with Crippen LogP contribution in [0.3, 0.4) is 0 Å². The number of nitrogens with zero attached hydrogens (tertiary/aromatic N) is 5. The number of aromatic nitrogens is 3. The molecule has 2 heterocycles. The maximum absolute atomic E-state index is 13.3. The first-order valence-corrected chi connectivity index (χ1v) is 10.4. The summed E-state index contributed by atoms with van der Waals surface area (Å²) in [6, 6.07) is 5.40. The zero-order valence-electron chi connectivity index (χ0n) is 17.5. The first kappa shape index (κ1) is 21.1. The Morgan fingerprint density at radius 1 is 1.10 bits per heavy atom.